The van der Waals surface area contributed by atoms with Crippen LogP contribution < -0.4 is 10.1 Å². The van der Waals surface area contributed by atoms with E-state index in [0.717, 1.165) is 5.56 Å². The molecule has 2 aromatic rings. The lowest BCUT2D eigenvalue weighted by molar-refractivity contribution is -0.114. The van der Waals surface area contributed by atoms with Gasteiger partial charge >= 0.3 is 0 Å². The molecular weight excluding hydrogens is 316 g/mol. The second-order valence-corrected chi connectivity index (χ2v) is 5.12. The molecule has 120 valence electrons. The van der Waals surface area contributed by atoms with E-state index in [2.05, 4.69) is 10.5 Å². The summed E-state index contributed by atoms with van der Waals surface area (Å²) in [6.45, 7) is 1.86. The first-order valence-electron chi connectivity index (χ1n) is 6.93. The SMILES string of the molecule is CNC(=O)C(=NOC)c1cc(Cl)c(C)cc1Oc1ccccc1. The molecule has 0 aliphatic rings. The average Bonchev–Trinajstić information content (AvgIpc) is 2.56. The van der Waals surface area contributed by atoms with Gasteiger partial charge in [-0.3, -0.25) is 4.79 Å². The minimum Gasteiger partial charge on any atom is -0.457 e. The van der Waals surface area contributed by atoms with Crippen molar-refractivity contribution in [3.05, 3.63) is 58.6 Å². The molecule has 0 aromatic heterocycles. The molecule has 0 radical (unpaired) electrons. The van der Waals surface area contributed by atoms with Crippen molar-refractivity contribution >= 4 is 23.2 Å². The number of carbonyl (C=O) groups is 1. The van der Waals surface area contributed by atoms with Gasteiger partial charge in [-0.2, -0.15) is 0 Å². The van der Waals surface area contributed by atoms with Crippen molar-refractivity contribution in [2.45, 2.75) is 6.92 Å². The smallest absolute Gasteiger partial charge is 0.273 e. The maximum Gasteiger partial charge on any atom is 0.273 e. The maximum atomic E-state index is 12.1. The van der Waals surface area contributed by atoms with Gasteiger partial charge in [0.2, 0.25) is 0 Å². The number of oxime groups is 1. The molecule has 23 heavy (non-hydrogen) atoms. The molecule has 6 heteroatoms. The standard InChI is InChI=1S/C17H17ClN2O3/c1-11-9-15(23-12-7-5-4-6-8-12)13(10-14(11)18)16(20-22-3)17(21)19-2/h4-10H,1-3H3,(H,19,21). The van der Waals surface area contributed by atoms with E-state index >= 15 is 0 Å². The molecule has 2 rings (SSSR count). The summed E-state index contributed by atoms with van der Waals surface area (Å²) in [5.74, 6) is 0.714. The van der Waals surface area contributed by atoms with Crippen LogP contribution in [0.2, 0.25) is 5.02 Å². The van der Waals surface area contributed by atoms with Crippen molar-refractivity contribution in [2.24, 2.45) is 5.16 Å². The maximum absolute atomic E-state index is 12.1. The van der Waals surface area contributed by atoms with Crippen molar-refractivity contribution in [2.75, 3.05) is 14.2 Å². The third-order valence-corrected chi connectivity index (χ3v) is 3.52. The van der Waals surface area contributed by atoms with Crippen LogP contribution >= 0.6 is 11.6 Å². The summed E-state index contributed by atoms with van der Waals surface area (Å²) in [7, 11) is 2.89. The number of likely N-dealkylation sites (N-methyl/N-ethyl adjacent to an activating group) is 1. The van der Waals surface area contributed by atoms with Crippen molar-refractivity contribution in [1.29, 1.82) is 0 Å². The Bertz CT molecular complexity index is 730. The Hall–Kier alpha value is -2.53. The molecule has 1 amide bonds. The lowest BCUT2D eigenvalue weighted by Gasteiger charge is -2.14. The first-order valence-corrected chi connectivity index (χ1v) is 7.31. The number of amides is 1. The molecule has 0 atom stereocenters. The van der Waals surface area contributed by atoms with Crippen LogP contribution in [0.4, 0.5) is 0 Å². The molecule has 5 nitrogen and oxygen atoms in total. The molecule has 2 aromatic carbocycles. The minimum absolute atomic E-state index is 0.0860. The normalized spacial score (nSPS) is 11.0. The zero-order valence-corrected chi connectivity index (χ0v) is 13.8. The zero-order valence-electron chi connectivity index (χ0n) is 13.1. The van der Waals surface area contributed by atoms with Gasteiger partial charge in [-0.1, -0.05) is 35.0 Å². The molecule has 0 heterocycles. The summed E-state index contributed by atoms with van der Waals surface area (Å²) >= 11 is 6.20. The molecular formula is C17H17ClN2O3. The molecule has 0 aliphatic heterocycles. The van der Waals surface area contributed by atoms with Crippen LogP contribution in [0, 0.1) is 6.92 Å². The molecule has 1 N–H and O–H groups in total. The quantitative estimate of drug-likeness (QED) is 0.673. The highest BCUT2D eigenvalue weighted by Crippen LogP contribution is 2.31. The van der Waals surface area contributed by atoms with Gasteiger partial charge in [-0.05, 0) is 36.8 Å². The highest BCUT2D eigenvalue weighted by atomic mass is 35.5. The molecule has 0 spiro atoms. The fourth-order valence-electron chi connectivity index (χ4n) is 1.96. The van der Waals surface area contributed by atoms with Crippen molar-refractivity contribution in [1.82, 2.24) is 5.32 Å². The minimum atomic E-state index is -0.398. The summed E-state index contributed by atoms with van der Waals surface area (Å²) in [5, 5.41) is 6.84. The Kier molecular flexibility index (Phi) is 5.60. The summed E-state index contributed by atoms with van der Waals surface area (Å²) in [4.78, 5) is 16.9. The first-order chi connectivity index (χ1) is 11.1. The number of ether oxygens (including phenoxy) is 1. The van der Waals surface area contributed by atoms with E-state index in [9.17, 15) is 4.79 Å². The second kappa shape index (κ2) is 7.65. The van der Waals surface area contributed by atoms with Gasteiger partial charge in [-0.25, -0.2) is 0 Å². The van der Waals surface area contributed by atoms with Crippen LogP contribution in [0.15, 0.2) is 47.6 Å². The number of benzene rings is 2. The Morgan fingerprint density at radius 2 is 1.91 bits per heavy atom. The van der Waals surface area contributed by atoms with Crippen LogP contribution in [0.25, 0.3) is 0 Å². The van der Waals surface area contributed by atoms with Crippen LogP contribution in [0.1, 0.15) is 11.1 Å². The van der Waals surface area contributed by atoms with Crippen molar-refractivity contribution in [3.63, 3.8) is 0 Å². The number of carbonyl (C=O) groups excluding carboxylic acids is 1. The van der Waals surface area contributed by atoms with Gasteiger partial charge in [0.05, 0.1) is 5.56 Å². The van der Waals surface area contributed by atoms with Crippen LogP contribution in [0.5, 0.6) is 11.5 Å². The predicted molar refractivity (Wildman–Crippen MR) is 90.3 cm³/mol. The largest absolute Gasteiger partial charge is 0.457 e. The van der Waals surface area contributed by atoms with Crippen LogP contribution in [-0.4, -0.2) is 25.8 Å². The van der Waals surface area contributed by atoms with E-state index in [1.807, 2.05) is 37.3 Å². The zero-order chi connectivity index (χ0) is 16.8. The molecule has 0 saturated heterocycles. The van der Waals surface area contributed by atoms with E-state index in [0.29, 0.717) is 22.1 Å². The summed E-state index contributed by atoms with van der Waals surface area (Å²) in [5.41, 5.74) is 1.36. The topological polar surface area (TPSA) is 59.9 Å². The first kappa shape index (κ1) is 16.8. The van der Waals surface area contributed by atoms with Gasteiger partial charge in [0.15, 0.2) is 5.71 Å². The van der Waals surface area contributed by atoms with Gasteiger partial charge < -0.3 is 14.9 Å². The number of nitrogens with zero attached hydrogens (tertiary/aromatic N) is 1. The van der Waals surface area contributed by atoms with E-state index in [1.165, 1.54) is 14.2 Å². The number of para-hydroxylation sites is 1. The number of rotatable bonds is 5. The van der Waals surface area contributed by atoms with Crippen molar-refractivity contribution < 1.29 is 14.4 Å². The number of aryl methyl sites for hydroxylation is 1. The Morgan fingerprint density at radius 1 is 1.22 bits per heavy atom. The van der Waals surface area contributed by atoms with Crippen molar-refractivity contribution in [3.8, 4) is 11.5 Å². The number of nitrogens with one attached hydrogen (secondary N) is 1. The molecule has 0 unspecified atom stereocenters. The predicted octanol–water partition coefficient (Wildman–Crippen LogP) is 3.54. The van der Waals surface area contributed by atoms with Gasteiger partial charge in [-0.15, -0.1) is 0 Å². The van der Waals surface area contributed by atoms with Crippen LogP contribution in [0.3, 0.4) is 0 Å². The Morgan fingerprint density at radius 3 is 2.52 bits per heavy atom. The van der Waals surface area contributed by atoms with E-state index in [4.69, 9.17) is 21.2 Å². The Balaban J connectivity index is 2.55. The molecule has 0 bridgehead atoms. The third kappa shape index (κ3) is 4.02. The molecule has 0 saturated carbocycles. The van der Waals surface area contributed by atoms with Crippen LogP contribution in [-0.2, 0) is 9.63 Å². The van der Waals surface area contributed by atoms with Gasteiger partial charge in [0.1, 0.15) is 18.6 Å². The lowest BCUT2D eigenvalue weighted by atomic mass is 10.1. The fourth-order valence-corrected chi connectivity index (χ4v) is 2.13. The average molecular weight is 333 g/mol. The summed E-state index contributed by atoms with van der Waals surface area (Å²) in [6.07, 6.45) is 0. The number of halogens is 1. The van der Waals surface area contributed by atoms with Gasteiger partial charge in [0, 0.05) is 12.1 Å². The molecule has 0 fully saturated rings. The fraction of sp³-hybridized carbons (Fsp3) is 0.176. The van der Waals surface area contributed by atoms with Gasteiger partial charge in [0.25, 0.3) is 5.91 Å². The van der Waals surface area contributed by atoms with E-state index in [1.54, 1.807) is 12.1 Å². The number of hydrogen-bond donors (Lipinski definition) is 1. The van der Waals surface area contributed by atoms with E-state index in [-0.39, 0.29) is 5.71 Å². The molecule has 0 aliphatic carbocycles. The number of hydrogen-bond acceptors (Lipinski definition) is 4. The lowest BCUT2D eigenvalue weighted by Crippen LogP contribution is -2.29. The second-order valence-electron chi connectivity index (χ2n) is 4.71. The Labute approximate surface area is 139 Å². The monoisotopic (exact) mass is 332 g/mol. The third-order valence-electron chi connectivity index (χ3n) is 3.11. The summed E-state index contributed by atoms with van der Waals surface area (Å²) < 4.78 is 5.89. The van der Waals surface area contributed by atoms with E-state index < -0.39 is 5.91 Å². The highest BCUT2D eigenvalue weighted by Gasteiger charge is 2.20. The summed E-state index contributed by atoms with van der Waals surface area (Å²) in [6, 6.07) is 12.7. The highest BCUT2D eigenvalue weighted by molar-refractivity contribution is 6.46.